The number of carbonyl (C=O) groups is 1. The van der Waals surface area contributed by atoms with Gasteiger partial charge >= 0.3 is 0 Å². The summed E-state index contributed by atoms with van der Waals surface area (Å²) in [5.41, 5.74) is 0.399. The first kappa shape index (κ1) is 12.2. The first-order valence-electron chi connectivity index (χ1n) is 4.57. The summed E-state index contributed by atoms with van der Waals surface area (Å²) >= 11 is 5.75. The van der Waals surface area contributed by atoms with Crippen LogP contribution in [0.4, 0.5) is 4.39 Å². The Morgan fingerprint density at radius 2 is 2.47 bits per heavy atom. The third-order valence-electron chi connectivity index (χ3n) is 1.96. The molecule has 1 N–H and O–H groups in total. The van der Waals surface area contributed by atoms with E-state index >= 15 is 0 Å². The first-order chi connectivity index (χ1) is 7.10. The zero-order chi connectivity index (χ0) is 11.3. The molecular weight excluding hydrogens is 223 g/mol. The Morgan fingerprint density at radius 3 is 3.07 bits per heavy atom. The molecule has 1 aliphatic carbocycles. The fourth-order valence-electron chi connectivity index (χ4n) is 1.15. The van der Waals surface area contributed by atoms with E-state index in [4.69, 9.17) is 16.3 Å². The third kappa shape index (κ3) is 3.32. The maximum absolute atomic E-state index is 11.8. The fourth-order valence-corrected chi connectivity index (χ4v) is 1.33. The van der Waals surface area contributed by atoms with Crippen LogP contribution in [0.5, 0.6) is 0 Å². The molecule has 0 bridgehead atoms. The van der Waals surface area contributed by atoms with Crippen LogP contribution >= 0.6 is 11.6 Å². The van der Waals surface area contributed by atoms with E-state index in [9.17, 15) is 14.3 Å². The van der Waals surface area contributed by atoms with Gasteiger partial charge in [0.2, 0.25) is 0 Å². The topological polar surface area (TPSA) is 46.5 Å². The molecule has 15 heavy (non-hydrogen) atoms. The normalized spacial score (nSPS) is 25.5. The van der Waals surface area contributed by atoms with Crippen molar-refractivity contribution in [3.63, 3.8) is 0 Å². The molecule has 3 nitrogen and oxygen atoms in total. The van der Waals surface area contributed by atoms with Gasteiger partial charge in [-0.25, -0.2) is 0 Å². The van der Waals surface area contributed by atoms with Crippen molar-refractivity contribution in [2.75, 3.05) is 13.3 Å². The number of aldehydes is 1. The Balaban J connectivity index is 2.67. The Kier molecular flexibility index (Phi) is 4.29. The fraction of sp³-hybridized carbons (Fsp3) is 0.500. The van der Waals surface area contributed by atoms with Crippen molar-refractivity contribution in [3.05, 3.63) is 23.5 Å². The van der Waals surface area contributed by atoms with Gasteiger partial charge in [0.25, 0.3) is 0 Å². The average molecular weight is 235 g/mol. The monoisotopic (exact) mass is 234 g/mol. The average Bonchev–Trinajstić information content (AvgIpc) is 2.21. The van der Waals surface area contributed by atoms with Crippen LogP contribution in [0, 0.1) is 0 Å². The van der Waals surface area contributed by atoms with Crippen molar-refractivity contribution >= 4 is 17.9 Å². The second-order valence-electron chi connectivity index (χ2n) is 3.19. The lowest BCUT2D eigenvalue weighted by atomic mass is 10.0. The van der Waals surface area contributed by atoms with Crippen LogP contribution in [-0.2, 0) is 9.53 Å². The van der Waals surface area contributed by atoms with Crippen LogP contribution in [0.15, 0.2) is 23.5 Å². The van der Waals surface area contributed by atoms with Crippen LogP contribution in [-0.4, -0.2) is 29.7 Å². The predicted molar refractivity (Wildman–Crippen MR) is 54.2 cm³/mol. The lowest BCUT2D eigenvalue weighted by Crippen LogP contribution is -2.27. The second-order valence-corrected chi connectivity index (χ2v) is 3.81. The van der Waals surface area contributed by atoms with Crippen molar-refractivity contribution in [2.45, 2.75) is 17.9 Å². The number of hydrogen-bond donors (Lipinski definition) is 1. The van der Waals surface area contributed by atoms with Crippen LogP contribution in [0.2, 0.25) is 0 Å². The molecule has 0 aromatic heterocycles. The predicted octanol–water partition coefficient (Wildman–Crippen LogP) is 1.70. The van der Waals surface area contributed by atoms with Gasteiger partial charge in [0.05, 0.1) is 13.3 Å². The number of allylic oxidation sites excluding steroid dienone is 2. The summed E-state index contributed by atoms with van der Waals surface area (Å²) in [5.74, 6) is 0.0993. The van der Waals surface area contributed by atoms with Gasteiger partial charge in [0, 0.05) is 18.4 Å². The van der Waals surface area contributed by atoms with Gasteiger partial charge in [-0.1, -0.05) is 17.7 Å². The largest absolute Gasteiger partial charge is 0.493 e. The number of carbonyl (C=O) groups excluding carboxylic acids is 1. The Morgan fingerprint density at radius 1 is 1.73 bits per heavy atom. The maximum Gasteiger partial charge on any atom is 0.199 e. The Bertz CT molecular complexity index is 297. The van der Waals surface area contributed by atoms with Crippen LogP contribution in [0.1, 0.15) is 12.8 Å². The van der Waals surface area contributed by atoms with Gasteiger partial charge in [-0.3, -0.25) is 9.18 Å². The van der Waals surface area contributed by atoms with E-state index in [1.165, 1.54) is 12.2 Å². The summed E-state index contributed by atoms with van der Waals surface area (Å²) in [4.78, 5) is 10.5. The Labute approximate surface area is 92.2 Å². The van der Waals surface area contributed by atoms with E-state index in [0.29, 0.717) is 11.9 Å². The van der Waals surface area contributed by atoms with Crippen LogP contribution in [0.3, 0.4) is 0 Å². The minimum Gasteiger partial charge on any atom is -0.493 e. The lowest BCUT2D eigenvalue weighted by molar-refractivity contribution is -0.104. The molecule has 0 saturated heterocycles. The number of hydrogen-bond acceptors (Lipinski definition) is 3. The first-order valence-corrected chi connectivity index (χ1v) is 4.95. The number of alkyl halides is 2. The van der Waals surface area contributed by atoms with Gasteiger partial charge in [-0.2, -0.15) is 0 Å². The van der Waals surface area contributed by atoms with Crippen molar-refractivity contribution in [1.29, 1.82) is 0 Å². The summed E-state index contributed by atoms with van der Waals surface area (Å²) in [6, 6.07) is 0. The number of aliphatic hydroxyl groups is 1. The minimum absolute atomic E-state index is 0.0993. The molecule has 1 atom stereocenters. The molecule has 0 aliphatic heterocycles. The van der Waals surface area contributed by atoms with E-state index in [2.05, 4.69) is 0 Å². The van der Waals surface area contributed by atoms with E-state index in [-0.39, 0.29) is 25.2 Å². The standard InChI is InChI=1S/C10H12ClFO3/c11-10(14)3-2-8(7-13)6-9(10)15-5-1-4-12/h2,6-7,14H,1,3-5H2. The van der Waals surface area contributed by atoms with E-state index < -0.39 is 11.7 Å². The van der Waals surface area contributed by atoms with Crippen LogP contribution in [0.25, 0.3) is 0 Å². The van der Waals surface area contributed by atoms with Gasteiger partial charge < -0.3 is 9.84 Å². The molecule has 0 heterocycles. The molecule has 84 valence electrons. The molecule has 0 spiro atoms. The molecule has 0 aromatic rings. The molecule has 0 saturated carbocycles. The molecule has 1 aliphatic rings. The molecule has 0 aromatic carbocycles. The molecule has 0 fully saturated rings. The van der Waals surface area contributed by atoms with Crippen molar-refractivity contribution < 1.29 is 19.0 Å². The van der Waals surface area contributed by atoms with E-state index in [0.717, 1.165) is 0 Å². The summed E-state index contributed by atoms with van der Waals surface area (Å²) in [7, 11) is 0. The third-order valence-corrected chi connectivity index (χ3v) is 2.30. The summed E-state index contributed by atoms with van der Waals surface area (Å²) in [6.07, 6.45) is 3.85. The SMILES string of the molecule is O=CC1=CCC(O)(Cl)C(OCCCF)=C1. The molecule has 5 heteroatoms. The van der Waals surface area contributed by atoms with Gasteiger partial charge in [-0.15, -0.1) is 0 Å². The Hall–Kier alpha value is -0.870. The van der Waals surface area contributed by atoms with Gasteiger partial charge in [0.1, 0.15) is 12.0 Å². The second kappa shape index (κ2) is 5.28. The lowest BCUT2D eigenvalue weighted by Gasteiger charge is -2.25. The van der Waals surface area contributed by atoms with Crippen molar-refractivity contribution in [3.8, 4) is 0 Å². The highest BCUT2D eigenvalue weighted by Crippen LogP contribution is 2.32. The summed E-state index contributed by atoms with van der Waals surface area (Å²) in [6.45, 7) is -0.367. The van der Waals surface area contributed by atoms with E-state index in [1.54, 1.807) is 0 Å². The van der Waals surface area contributed by atoms with Crippen molar-refractivity contribution in [1.82, 2.24) is 0 Å². The smallest absolute Gasteiger partial charge is 0.199 e. The number of rotatable bonds is 5. The summed E-state index contributed by atoms with van der Waals surface area (Å²) in [5, 5.41) is 8.04. The number of ether oxygens (including phenoxy) is 1. The highest BCUT2D eigenvalue weighted by atomic mass is 35.5. The summed E-state index contributed by atoms with van der Waals surface area (Å²) < 4.78 is 16.9. The number of halogens is 2. The molecule has 1 rings (SSSR count). The molecular formula is C10H12ClFO3. The molecule has 0 radical (unpaired) electrons. The highest BCUT2D eigenvalue weighted by Gasteiger charge is 2.32. The van der Waals surface area contributed by atoms with E-state index in [1.807, 2.05) is 0 Å². The molecule has 1 unspecified atom stereocenters. The van der Waals surface area contributed by atoms with Gasteiger partial charge in [0.15, 0.2) is 5.06 Å². The molecule has 0 amide bonds. The minimum atomic E-state index is -1.62. The zero-order valence-electron chi connectivity index (χ0n) is 8.08. The maximum atomic E-state index is 11.8. The van der Waals surface area contributed by atoms with Crippen LogP contribution < -0.4 is 0 Å². The quantitative estimate of drug-likeness (QED) is 0.448. The highest BCUT2D eigenvalue weighted by molar-refractivity contribution is 6.24. The zero-order valence-corrected chi connectivity index (χ0v) is 8.84. The van der Waals surface area contributed by atoms with Crippen molar-refractivity contribution in [2.24, 2.45) is 0 Å². The van der Waals surface area contributed by atoms with Gasteiger partial charge in [-0.05, 0) is 6.08 Å².